The molecule has 3 aromatic carbocycles. The van der Waals surface area contributed by atoms with Gasteiger partial charge >= 0.3 is 11.9 Å². The number of carbonyl (C=O) groups is 2. The maximum absolute atomic E-state index is 14.7. The molecule has 0 bridgehead atoms. The van der Waals surface area contributed by atoms with Gasteiger partial charge < -0.3 is 9.47 Å². The van der Waals surface area contributed by atoms with Gasteiger partial charge in [-0.05, 0) is 61.1 Å². The van der Waals surface area contributed by atoms with Gasteiger partial charge in [-0.1, -0.05) is 54.6 Å². The van der Waals surface area contributed by atoms with Gasteiger partial charge in [0.25, 0.3) is 0 Å². The van der Waals surface area contributed by atoms with Crippen molar-refractivity contribution in [1.29, 1.82) is 0 Å². The lowest BCUT2D eigenvalue weighted by molar-refractivity contribution is -0.142. The van der Waals surface area contributed by atoms with Gasteiger partial charge in [0.1, 0.15) is 11.6 Å². The molecular weight excluding hydrogens is 407 g/mol. The van der Waals surface area contributed by atoms with Crippen LogP contribution in [0.4, 0.5) is 4.39 Å². The fraction of sp³-hybridized carbons (Fsp3) is 0.259. The zero-order valence-electron chi connectivity index (χ0n) is 18.3. The molecule has 0 spiro atoms. The zero-order chi connectivity index (χ0) is 22.9. The summed E-state index contributed by atoms with van der Waals surface area (Å²) in [5.74, 6) is -1.37. The van der Waals surface area contributed by atoms with Crippen LogP contribution in [0.2, 0.25) is 0 Å². The van der Waals surface area contributed by atoms with E-state index in [9.17, 15) is 14.0 Å². The summed E-state index contributed by atoms with van der Waals surface area (Å²) in [5.41, 5.74) is 2.75. The standard InChI is InChI=1S/C27H27FO4/c1-19(27(30)31-2)21-15-16-24(25(28)18-21)22-12-8-13-23(17-22)32-26(29)14-7-6-11-20-9-4-3-5-10-20/h3-5,8-10,12-13,15-19H,6-7,11,14H2,1-2H3. The molecule has 0 aliphatic carbocycles. The number of esters is 2. The Morgan fingerprint density at radius 2 is 1.72 bits per heavy atom. The first-order valence-corrected chi connectivity index (χ1v) is 10.7. The molecule has 0 aliphatic rings. The van der Waals surface area contributed by atoms with Gasteiger partial charge in [0.15, 0.2) is 0 Å². The molecule has 0 fully saturated rings. The zero-order valence-corrected chi connectivity index (χ0v) is 18.3. The Bertz CT molecular complexity index is 1060. The number of aryl methyl sites for hydroxylation is 1. The number of hydrogen-bond acceptors (Lipinski definition) is 4. The molecule has 5 heteroatoms. The van der Waals surface area contributed by atoms with Crippen LogP contribution in [0.1, 0.15) is 43.2 Å². The van der Waals surface area contributed by atoms with Crippen LogP contribution in [0.25, 0.3) is 11.1 Å². The van der Waals surface area contributed by atoms with E-state index in [2.05, 4.69) is 12.1 Å². The maximum atomic E-state index is 14.7. The minimum absolute atomic E-state index is 0.307. The predicted molar refractivity (Wildman–Crippen MR) is 122 cm³/mol. The van der Waals surface area contributed by atoms with Crippen LogP contribution in [0.15, 0.2) is 72.8 Å². The van der Waals surface area contributed by atoms with Gasteiger partial charge in [-0.15, -0.1) is 0 Å². The molecule has 0 heterocycles. The average Bonchev–Trinajstić information content (AvgIpc) is 2.81. The molecule has 0 amide bonds. The molecule has 0 N–H and O–H groups in total. The normalized spacial score (nSPS) is 11.6. The summed E-state index contributed by atoms with van der Waals surface area (Å²) in [6, 6.07) is 21.6. The van der Waals surface area contributed by atoms with E-state index in [1.807, 2.05) is 18.2 Å². The van der Waals surface area contributed by atoms with Gasteiger partial charge in [-0.3, -0.25) is 9.59 Å². The molecule has 1 unspecified atom stereocenters. The second kappa shape index (κ2) is 11.2. The lowest BCUT2D eigenvalue weighted by Crippen LogP contribution is -2.11. The lowest BCUT2D eigenvalue weighted by Gasteiger charge is -2.12. The lowest BCUT2D eigenvalue weighted by atomic mass is 9.97. The SMILES string of the molecule is COC(=O)C(C)c1ccc(-c2cccc(OC(=O)CCCCc3ccccc3)c2)c(F)c1. The van der Waals surface area contributed by atoms with Crippen LogP contribution in [-0.2, 0) is 20.7 Å². The number of unbranched alkanes of at least 4 members (excludes halogenated alkanes) is 1. The monoisotopic (exact) mass is 434 g/mol. The summed E-state index contributed by atoms with van der Waals surface area (Å²) in [5, 5.41) is 0. The van der Waals surface area contributed by atoms with Crippen molar-refractivity contribution in [2.75, 3.05) is 7.11 Å². The summed E-state index contributed by atoms with van der Waals surface area (Å²) in [7, 11) is 1.31. The van der Waals surface area contributed by atoms with Crippen LogP contribution in [0.3, 0.4) is 0 Å². The van der Waals surface area contributed by atoms with Crippen LogP contribution in [-0.4, -0.2) is 19.0 Å². The number of methoxy groups -OCH3 is 1. The Morgan fingerprint density at radius 3 is 2.44 bits per heavy atom. The highest BCUT2D eigenvalue weighted by Gasteiger charge is 2.18. The van der Waals surface area contributed by atoms with Gasteiger partial charge in [0.2, 0.25) is 0 Å². The summed E-state index contributed by atoms with van der Waals surface area (Å²) >= 11 is 0. The molecule has 3 aromatic rings. The minimum Gasteiger partial charge on any atom is -0.469 e. The number of ether oxygens (including phenoxy) is 2. The maximum Gasteiger partial charge on any atom is 0.312 e. The van der Waals surface area contributed by atoms with Crippen molar-refractivity contribution in [2.24, 2.45) is 0 Å². The van der Waals surface area contributed by atoms with Crippen LogP contribution in [0.5, 0.6) is 5.75 Å². The summed E-state index contributed by atoms with van der Waals surface area (Å²) in [6.45, 7) is 1.67. The van der Waals surface area contributed by atoms with Gasteiger partial charge in [0.05, 0.1) is 13.0 Å². The molecule has 166 valence electrons. The number of benzene rings is 3. The Labute approximate surface area is 188 Å². The predicted octanol–water partition coefficient (Wildman–Crippen LogP) is 6.09. The van der Waals surface area contributed by atoms with Crippen molar-refractivity contribution >= 4 is 11.9 Å². The average molecular weight is 435 g/mol. The molecule has 1 atom stereocenters. The van der Waals surface area contributed by atoms with Crippen LogP contribution in [0, 0.1) is 5.82 Å². The summed E-state index contributed by atoms with van der Waals surface area (Å²) in [4.78, 5) is 23.9. The van der Waals surface area contributed by atoms with Crippen molar-refractivity contribution in [2.45, 2.75) is 38.5 Å². The first-order valence-electron chi connectivity index (χ1n) is 10.7. The molecule has 0 saturated carbocycles. The fourth-order valence-corrected chi connectivity index (χ4v) is 3.50. The van der Waals surface area contributed by atoms with Crippen molar-refractivity contribution < 1.29 is 23.5 Å². The van der Waals surface area contributed by atoms with Crippen molar-refractivity contribution in [3.63, 3.8) is 0 Å². The highest BCUT2D eigenvalue weighted by molar-refractivity contribution is 5.78. The number of halogens is 1. The number of carbonyl (C=O) groups excluding carboxylic acids is 2. The largest absolute Gasteiger partial charge is 0.469 e. The minimum atomic E-state index is -0.558. The van der Waals surface area contributed by atoms with Gasteiger partial charge in [-0.25, -0.2) is 4.39 Å². The second-order valence-corrected chi connectivity index (χ2v) is 7.68. The molecule has 32 heavy (non-hydrogen) atoms. The third-order valence-corrected chi connectivity index (χ3v) is 5.36. The Kier molecular flexibility index (Phi) is 8.14. The second-order valence-electron chi connectivity index (χ2n) is 7.68. The molecule has 0 radical (unpaired) electrons. The Hall–Kier alpha value is -3.47. The van der Waals surface area contributed by atoms with E-state index >= 15 is 0 Å². The molecule has 0 aliphatic heterocycles. The van der Waals surface area contributed by atoms with E-state index in [1.165, 1.54) is 18.7 Å². The third-order valence-electron chi connectivity index (χ3n) is 5.36. The number of rotatable bonds is 9. The topological polar surface area (TPSA) is 52.6 Å². The van der Waals surface area contributed by atoms with E-state index in [4.69, 9.17) is 9.47 Å². The van der Waals surface area contributed by atoms with E-state index in [1.54, 1.807) is 43.3 Å². The quantitative estimate of drug-likeness (QED) is 0.232. The molecule has 3 rings (SSSR count). The first kappa shape index (κ1) is 23.2. The highest BCUT2D eigenvalue weighted by Crippen LogP contribution is 2.29. The van der Waals surface area contributed by atoms with Crippen LogP contribution >= 0.6 is 0 Å². The molecular formula is C27H27FO4. The highest BCUT2D eigenvalue weighted by atomic mass is 19.1. The van der Waals surface area contributed by atoms with E-state index in [0.717, 1.165) is 19.3 Å². The van der Waals surface area contributed by atoms with Crippen molar-refractivity contribution in [3.05, 3.63) is 89.7 Å². The smallest absolute Gasteiger partial charge is 0.312 e. The molecule has 0 saturated heterocycles. The van der Waals surface area contributed by atoms with Gasteiger partial charge in [0, 0.05) is 12.0 Å². The van der Waals surface area contributed by atoms with E-state index < -0.39 is 17.7 Å². The van der Waals surface area contributed by atoms with Gasteiger partial charge in [-0.2, -0.15) is 0 Å². The number of hydrogen-bond donors (Lipinski definition) is 0. The molecule has 0 aromatic heterocycles. The Balaban J connectivity index is 1.59. The van der Waals surface area contributed by atoms with Crippen molar-refractivity contribution in [1.82, 2.24) is 0 Å². The fourth-order valence-electron chi connectivity index (χ4n) is 3.50. The van der Waals surface area contributed by atoms with Crippen molar-refractivity contribution in [3.8, 4) is 16.9 Å². The Morgan fingerprint density at radius 1 is 0.938 bits per heavy atom. The summed E-state index contributed by atoms with van der Waals surface area (Å²) in [6.07, 6.45) is 2.89. The third kappa shape index (κ3) is 6.27. The van der Waals surface area contributed by atoms with E-state index in [-0.39, 0.29) is 5.97 Å². The van der Waals surface area contributed by atoms with E-state index in [0.29, 0.717) is 28.9 Å². The van der Waals surface area contributed by atoms with Crippen LogP contribution < -0.4 is 4.74 Å². The molecule has 4 nitrogen and oxygen atoms in total. The first-order chi connectivity index (χ1) is 15.5. The summed E-state index contributed by atoms with van der Waals surface area (Å²) < 4.78 is 24.9.